The third-order valence-corrected chi connectivity index (χ3v) is 3.33. The predicted octanol–water partition coefficient (Wildman–Crippen LogP) is 3.03. The van der Waals surface area contributed by atoms with Crippen LogP contribution in [0.1, 0.15) is 11.1 Å². The van der Waals surface area contributed by atoms with Gasteiger partial charge in [-0.1, -0.05) is 60.7 Å². The van der Waals surface area contributed by atoms with Gasteiger partial charge in [-0.2, -0.15) is 8.42 Å². The first-order valence-electron chi connectivity index (χ1n) is 6.04. The van der Waals surface area contributed by atoms with Crippen molar-refractivity contribution in [3.05, 3.63) is 83.5 Å². The van der Waals surface area contributed by atoms with Crippen molar-refractivity contribution in [2.24, 2.45) is 0 Å². The van der Waals surface area contributed by atoms with Crippen LogP contribution in [0.25, 0.3) is 12.2 Å². The van der Waals surface area contributed by atoms with E-state index in [1.54, 1.807) is 6.08 Å². The molecule has 0 saturated carbocycles. The molecule has 0 spiro atoms. The van der Waals surface area contributed by atoms with Gasteiger partial charge >= 0.3 is 39.7 Å². The Labute approximate surface area is 147 Å². The third kappa shape index (κ3) is 6.78. The molecule has 0 heterocycles. The van der Waals surface area contributed by atoms with Gasteiger partial charge in [-0.15, -0.1) is 0 Å². The van der Waals surface area contributed by atoms with Gasteiger partial charge in [-0.05, 0) is 23.3 Å². The molecule has 0 radical (unpaired) electrons. The Morgan fingerprint density at radius 3 is 1.76 bits per heavy atom. The Balaban J connectivity index is 0.00000220. The quantitative estimate of drug-likeness (QED) is 0.484. The van der Waals surface area contributed by atoms with Crippen LogP contribution in [0.4, 0.5) is 0 Å². The van der Waals surface area contributed by atoms with Gasteiger partial charge in [0.15, 0.2) is 0 Å². The van der Waals surface area contributed by atoms with E-state index in [2.05, 4.69) is 0 Å². The molecule has 3 nitrogen and oxygen atoms in total. The van der Waals surface area contributed by atoms with Crippen LogP contribution < -0.4 is 0 Å². The van der Waals surface area contributed by atoms with E-state index in [1.807, 2.05) is 60.7 Å². The molecule has 0 amide bonds. The number of hydrogen-bond acceptors (Lipinski definition) is 3. The van der Waals surface area contributed by atoms with Crippen molar-refractivity contribution in [2.45, 2.75) is 0 Å². The fraction of sp³-hybridized carbons (Fsp3) is 0. The summed E-state index contributed by atoms with van der Waals surface area (Å²) in [7, 11) is -3.72. The molecule has 0 aliphatic carbocycles. The van der Waals surface area contributed by atoms with Crippen LogP contribution in [0, 0.1) is 0 Å². The third-order valence-electron chi connectivity index (χ3n) is 2.48. The fourth-order valence-electron chi connectivity index (χ4n) is 1.51. The predicted molar refractivity (Wildman–Crippen MR) is 88.1 cm³/mol. The molecule has 5 heteroatoms. The summed E-state index contributed by atoms with van der Waals surface area (Å²) in [5, 5.41) is 1.04. The van der Waals surface area contributed by atoms with E-state index >= 15 is 0 Å². The van der Waals surface area contributed by atoms with Gasteiger partial charge in [-0.3, -0.25) is 0 Å². The van der Waals surface area contributed by atoms with E-state index in [-0.39, 0.29) is 29.6 Å². The van der Waals surface area contributed by atoms with E-state index < -0.39 is 10.1 Å². The monoisotopic (exact) mass is 310 g/mol. The first kappa shape index (κ1) is 17.7. The van der Waals surface area contributed by atoms with Gasteiger partial charge < -0.3 is 4.18 Å². The van der Waals surface area contributed by atoms with Crippen LogP contribution in [0.3, 0.4) is 0 Å². The summed E-state index contributed by atoms with van der Waals surface area (Å²) in [6.07, 6.45) is 4.25. The molecule has 21 heavy (non-hydrogen) atoms. The number of benzene rings is 2. The van der Waals surface area contributed by atoms with Gasteiger partial charge in [-0.25, -0.2) is 0 Å². The van der Waals surface area contributed by atoms with Crippen LogP contribution in [0.15, 0.2) is 72.3 Å². The minimum atomic E-state index is -3.72. The molecule has 0 atom stereocenters. The van der Waals surface area contributed by atoms with Gasteiger partial charge in [0.2, 0.25) is 0 Å². The Morgan fingerprint density at radius 2 is 1.24 bits per heavy atom. The van der Waals surface area contributed by atoms with Crippen molar-refractivity contribution in [3.63, 3.8) is 0 Å². The molecule has 0 aromatic heterocycles. The second kappa shape index (κ2) is 8.85. The normalized spacial score (nSPS) is 11.4. The van der Waals surface area contributed by atoms with Crippen LogP contribution >= 0.6 is 0 Å². The zero-order valence-corrected chi connectivity index (χ0v) is 11.5. The molecule has 104 valence electrons. The van der Waals surface area contributed by atoms with Crippen LogP contribution in [-0.2, 0) is 14.3 Å². The summed E-state index contributed by atoms with van der Waals surface area (Å²) in [5.41, 5.74) is 1.67. The summed E-state index contributed by atoms with van der Waals surface area (Å²) in [6, 6.07) is 18.5. The summed E-state index contributed by atoms with van der Waals surface area (Å²) in [4.78, 5) is 0. The molecule has 0 aliphatic heterocycles. The first-order valence-corrected chi connectivity index (χ1v) is 7.51. The molecular formula is C16H15NaO3S. The van der Waals surface area contributed by atoms with Gasteiger partial charge in [0, 0.05) is 0 Å². The summed E-state index contributed by atoms with van der Waals surface area (Å²) >= 11 is 0. The van der Waals surface area contributed by atoms with E-state index in [0.717, 1.165) is 16.5 Å². The van der Waals surface area contributed by atoms with Crippen molar-refractivity contribution in [1.29, 1.82) is 0 Å². The summed E-state index contributed by atoms with van der Waals surface area (Å²) in [6.45, 7) is 0. The van der Waals surface area contributed by atoms with Crippen molar-refractivity contribution in [3.8, 4) is 0 Å². The van der Waals surface area contributed by atoms with E-state index in [1.165, 1.54) is 12.3 Å². The zero-order chi connectivity index (χ0) is 14.3. The second-order valence-electron chi connectivity index (χ2n) is 4.02. The Kier molecular flexibility index (Phi) is 7.47. The molecule has 0 unspecified atom stereocenters. The molecule has 2 aromatic rings. The maximum atomic E-state index is 11.6. The van der Waals surface area contributed by atoms with E-state index in [0.29, 0.717) is 0 Å². The van der Waals surface area contributed by atoms with Crippen molar-refractivity contribution >= 4 is 51.8 Å². The topological polar surface area (TPSA) is 43.4 Å². The molecule has 0 fully saturated rings. The van der Waals surface area contributed by atoms with Crippen molar-refractivity contribution in [2.75, 3.05) is 0 Å². The summed E-state index contributed by atoms with van der Waals surface area (Å²) in [5.74, 6) is 0. The summed E-state index contributed by atoms with van der Waals surface area (Å²) < 4.78 is 28.0. The Bertz CT molecular complexity index is 693. The zero-order valence-electron chi connectivity index (χ0n) is 10.7. The Hall–Kier alpha value is -1.33. The molecule has 0 saturated heterocycles. The molecule has 2 rings (SSSR count). The van der Waals surface area contributed by atoms with Crippen molar-refractivity contribution in [1.82, 2.24) is 0 Å². The molecular weight excluding hydrogens is 295 g/mol. The van der Waals surface area contributed by atoms with E-state index in [9.17, 15) is 8.42 Å². The fourth-order valence-corrected chi connectivity index (χ4v) is 2.10. The molecule has 0 N–H and O–H groups in total. The van der Waals surface area contributed by atoms with Crippen LogP contribution in [0.5, 0.6) is 0 Å². The minimum absolute atomic E-state index is 0. The van der Waals surface area contributed by atoms with Gasteiger partial charge in [0.25, 0.3) is 0 Å². The van der Waals surface area contributed by atoms with Gasteiger partial charge in [0.05, 0.1) is 5.41 Å². The van der Waals surface area contributed by atoms with Gasteiger partial charge in [0.1, 0.15) is 6.26 Å². The number of rotatable bonds is 5. The van der Waals surface area contributed by atoms with Crippen molar-refractivity contribution < 1.29 is 12.6 Å². The van der Waals surface area contributed by atoms with Crippen LogP contribution in [0.2, 0.25) is 0 Å². The average molecular weight is 310 g/mol. The Morgan fingerprint density at radius 1 is 0.762 bits per heavy atom. The standard InChI is InChI=1S/C16H14O3S.Na.H/c17-20(18,14-12-16-9-5-2-6-10-16)19-13-11-15-7-3-1-4-8-15;;/h1-14H;;. The molecule has 2 aromatic carbocycles. The van der Waals surface area contributed by atoms with Crippen LogP contribution in [-0.4, -0.2) is 38.0 Å². The molecule has 0 bridgehead atoms. The average Bonchev–Trinajstić information content (AvgIpc) is 2.47. The SMILES string of the molecule is O=S(=O)(C=Cc1ccccc1)OC=Cc1ccccc1.[NaH]. The van der Waals surface area contributed by atoms with E-state index in [4.69, 9.17) is 4.18 Å². The molecule has 0 aliphatic rings. The first-order chi connectivity index (χ1) is 9.66. The second-order valence-corrected chi connectivity index (χ2v) is 5.47. The maximum absolute atomic E-state index is 11.6. The number of hydrogen-bond donors (Lipinski definition) is 0.